The van der Waals surface area contributed by atoms with Crippen molar-refractivity contribution in [3.05, 3.63) is 0 Å². The van der Waals surface area contributed by atoms with Gasteiger partial charge in [0, 0.05) is 0 Å². The Balaban J connectivity index is 3.77. The van der Waals surface area contributed by atoms with E-state index in [2.05, 4.69) is 20.5 Å². The molecule has 4 N–H and O–H groups in total. The molecule has 6 nitrogen and oxygen atoms in total. The van der Waals surface area contributed by atoms with Gasteiger partial charge in [-0.1, -0.05) is 0 Å². The van der Waals surface area contributed by atoms with E-state index in [0.717, 1.165) is 6.42 Å². The molecule has 7 heteroatoms. The SMILES string of the molecule is CNC(CCCO[P](=O)O)(NC)NC. The molecule has 0 aliphatic carbocycles. The van der Waals surface area contributed by atoms with Crippen molar-refractivity contribution < 1.29 is 14.0 Å². The molecule has 85 valence electrons. The van der Waals surface area contributed by atoms with Gasteiger partial charge in [-0.3, -0.25) is 25.4 Å². The molecule has 0 fully saturated rings. The highest BCUT2D eigenvalue weighted by atomic mass is 31.1. The predicted octanol–water partition coefficient (Wildman–Crippen LogP) is -0.255. The predicted molar refractivity (Wildman–Crippen MR) is 54.9 cm³/mol. The third-order valence-electron chi connectivity index (χ3n) is 2.18. The normalized spacial score (nSPS) is 13.0. The average Bonchev–Trinajstić information content (AvgIpc) is 2.19. The van der Waals surface area contributed by atoms with Gasteiger partial charge in [0.15, 0.2) is 0 Å². The summed E-state index contributed by atoms with van der Waals surface area (Å²) in [5, 5.41) is 9.27. The van der Waals surface area contributed by atoms with E-state index in [1.807, 2.05) is 21.1 Å². The highest BCUT2D eigenvalue weighted by Crippen LogP contribution is 2.15. The van der Waals surface area contributed by atoms with Crippen molar-refractivity contribution in [3.8, 4) is 0 Å². The summed E-state index contributed by atoms with van der Waals surface area (Å²) in [4.78, 5) is 8.39. The van der Waals surface area contributed by atoms with Gasteiger partial charge in [-0.25, -0.2) is 4.57 Å². The van der Waals surface area contributed by atoms with Crippen LogP contribution >= 0.6 is 8.25 Å². The van der Waals surface area contributed by atoms with Crippen LogP contribution in [0.3, 0.4) is 0 Å². The van der Waals surface area contributed by atoms with Crippen LogP contribution in [0.2, 0.25) is 0 Å². The summed E-state index contributed by atoms with van der Waals surface area (Å²) in [6.07, 6.45) is 1.43. The highest BCUT2D eigenvalue weighted by Gasteiger charge is 2.22. The number of hydrogen-bond donors (Lipinski definition) is 4. The Bertz CT molecular complexity index is 167. The monoisotopic (exact) mass is 224 g/mol. The molecule has 0 spiro atoms. The third kappa shape index (κ3) is 4.95. The molecule has 0 saturated carbocycles. The Morgan fingerprint density at radius 1 is 1.29 bits per heavy atom. The zero-order chi connectivity index (χ0) is 11.0. The van der Waals surface area contributed by atoms with E-state index in [9.17, 15) is 4.57 Å². The Labute approximate surface area is 85.4 Å². The second-order valence-corrected chi connectivity index (χ2v) is 3.56. The fourth-order valence-electron chi connectivity index (χ4n) is 1.23. The summed E-state index contributed by atoms with van der Waals surface area (Å²) >= 11 is 0. The van der Waals surface area contributed by atoms with Crippen molar-refractivity contribution in [3.63, 3.8) is 0 Å². The van der Waals surface area contributed by atoms with Crippen LogP contribution < -0.4 is 16.0 Å². The van der Waals surface area contributed by atoms with Crippen molar-refractivity contribution in [1.82, 2.24) is 16.0 Å². The van der Waals surface area contributed by atoms with Crippen LogP contribution in [0.25, 0.3) is 0 Å². The molecule has 0 aromatic heterocycles. The van der Waals surface area contributed by atoms with Crippen LogP contribution in [-0.4, -0.2) is 38.4 Å². The molecule has 1 radical (unpaired) electrons. The summed E-state index contributed by atoms with van der Waals surface area (Å²) in [6.45, 7) is 0.276. The molecular formula is C7H19N3O3P. The van der Waals surface area contributed by atoms with E-state index in [4.69, 9.17) is 4.89 Å². The van der Waals surface area contributed by atoms with Gasteiger partial charge in [0.05, 0.1) is 6.61 Å². The molecule has 1 atom stereocenters. The van der Waals surface area contributed by atoms with Gasteiger partial charge in [-0.05, 0) is 34.0 Å². The number of nitrogens with one attached hydrogen (secondary N) is 3. The Kier molecular flexibility index (Phi) is 7.17. The lowest BCUT2D eigenvalue weighted by Crippen LogP contribution is -2.63. The maximum Gasteiger partial charge on any atom is 0.366 e. The fourth-order valence-corrected chi connectivity index (χ4v) is 1.52. The summed E-state index contributed by atoms with van der Waals surface area (Å²) in [6, 6.07) is 0. The van der Waals surface area contributed by atoms with Crippen LogP contribution in [0.5, 0.6) is 0 Å². The molecule has 0 saturated heterocycles. The van der Waals surface area contributed by atoms with Gasteiger partial charge in [0.2, 0.25) is 0 Å². The fraction of sp³-hybridized carbons (Fsp3) is 1.00. The second-order valence-electron chi connectivity index (χ2n) is 2.83. The minimum absolute atomic E-state index is 0.276. The summed E-state index contributed by atoms with van der Waals surface area (Å²) < 4.78 is 14.8. The number of rotatable bonds is 8. The Morgan fingerprint density at radius 2 is 1.79 bits per heavy atom. The van der Waals surface area contributed by atoms with E-state index in [1.54, 1.807) is 0 Å². The van der Waals surface area contributed by atoms with E-state index in [0.29, 0.717) is 6.42 Å². The van der Waals surface area contributed by atoms with Gasteiger partial charge < -0.3 is 0 Å². The maximum absolute atomic E-state index is 10.2. The van der Waals surface area contributed by atoms with E-state index in [-0.39, 0.29) is 12.4 Å². The molecule has 0 aliphatic rings. The Morgan fingerprint density at radius 3 is 2.14 bits per heavy atom. The minimum atomic E-state index is -2.47. The smallest absolute Gasteiger partial charge is 0.298 e. The Hall–Kier alpha value is -0.100. The van der Waals surface area contributed by atoms with Gasteiger partial charge in [-0.2, -0.15) is 0 Å². The summed E-state index contributed by atoms with van der Waals surface area (Å²) in [5.41, 5.74) is 0. The molecule has 0 aliphatic heterocycles. The molecule has 0 aromatic rings. The molecule has 0 heterocycles. The van der Waals surface area contributed by atoms with Gasteiger partial charge in [-0.15, -0.1) is 0 Å². The summed E-state index contributed by atoms with van der Waals surface area (Å²) in [7, 11) is 3.03. The molecule has 0 bridgehead atoms. The lowest BCUT2D eigenvalue weighted by atomic mass is 10.2. The van der Waals surface area contributed by atoms with Crippen molar-refractivity contribution in [1.29, 1.82) is 0 Å². The molecule has 0 aromatic carbocycles. The van der Waals surface area contributed by atoms with Gasteiger partial charge in [0.1, 0.15) is 5.79 Å². The first-order chi connectivity index (χ1) is 6.60. The van der Waals surface area contributed by atoms with Crippen molar-refractivity contribution in [2.45, 2.75) is 18.6 Å². The number of hydrogen-bond acceptors (Lipinski definition) is 5. The first-order valence-corrected chi connectivity index (χ1v) is 5.59. The molecular weight excluding hydrogens is 205 g/mol. The molecule has 0 amide bonds. The van der Waals surface area contributed by atoms with Crippen LogP contribution in [0, 0.1) is 0 Å². The quantitative estimate of drug-likeness (QED) is 0.258. The van der Waals surface area contributed by atoms with Crippen molar-refractivity contribution in [2.24, 2.45) is 0 Å². The maximum atomic E-state index is 10.2. The average molecular weight is 224 g/mol. The van der Waals surface area contributed by atoms with Crippen LogP contribution in [0.4, 0.5) is 0 Å². The first-order valence-electron chi connectivity index (χ1n) is 4.46. The standard InChI is InChI=1S/C7H19N3O3P/c1-8-7(9-2,10-3)5-4-6-13-14(11)12/h8-10H,4-6H2,1-3H3,(H,11,12). The van der Waals surface area contributed by atoms with Crippen molar-refractivity contribution >= 4 is 8.25 Å². The topological polar surface area (TPSA) is 82.6 Å². The van der Waals surface area contributed by atoms with Gasteiger partial charge >= 0.3 is 8.25 Å². The van der Waals surface area contributed by atoms with Crippen LogP contribution in [0.15, 0.2) is 0 Å². The third-order valence-corrected chi connectivity index (χ3v) is 2.58. The zero-order valence-electron chi connectivity index (χ0n) is 8.83. The largest absolute Gasteiger partial charge is 0.366 e. The lowest BCUT2D eigenvalue weighted by molar-refractivity contribution is 0.196. The van der Waals surface area contributed by atoms with E-state index < -0.39 is 8.25 Å². The van der Waals surface area contributed by atoms with Gasteiger partial charge in [0.25, 0.3) is 0 Å². The molecule has 1 unspecified atom stereocenters. The van der Waals surface area contributed by atoms with E-state index in [1.165, 1.54) is 0 Å². The van der Waals surface area contributed by atoms with E-state index >= 15 is 0 Å². The zero-order valence-corrected chi connectivity index (χ0v) is 9.73. The summed E-state index contributed by atoms with van der Waals surface area (Å²) in [5.74, 6) is -0.343. The lowest BCUT2D eigenvalue weighted by Gasteiger charge is -2.32. The highest BCUT2D eigenvalue weighted by molar-refractivity contribution is 7.32. The van der Waals surface area contributed by atoms with Crippen molar-refractivity contribution in [2.75, 3.05) is 27.7 Å². The van der Waals surface area contributed by atoms with Crippen LogP contribution in [0.1, 0.15) is 12.8 Å². The molecule has 0 rings (SSSR count). The molecule has 14 heavy (non-hydrogen) atoms. The van der Waals surface area contributed by atoms with Crippen LogP contribution in [-0.2, 0) is 9.09 Å². The minimum Gasteiger partial charge on any atom is -0.298 e. The second kappa shape index (κ2) is 7.23. The first kappa shape index (κ1) is 13.9.